The van der Waals surface area contributed by atoms with E-state index in [9.17, 15) is 0 Å². The maximum absolute atomic E-state index is 3.56. The molecule has 0 saturated carbocycles. The summed E-state index contributed by atoms with van der Waals surface area (Å²) in [5, 5.41) is 6.71. The van der Waals surface area contributed by atoms with Crippen LogP contribution in [-0.4, -0.2) is 7.05 Å². The maximum atomic E-state index is 3.56. The van der Waals surface area contributed by atoms with Gasteiger partial charge in [-0.15, -0.1) is 0 Å². The molecule has 2 N–H and O–H groups in total. The Bertz CT molecular complexity index is 875. The van der Waals surface area contributed by atoms with Crippen LogP contribution in [0.3, 0.4) is 0 Å². The summed E-state index contributed by atoms with van der Waals surface area (Å²) in [6.45, 7) is 4.31. The molecule has 0 unspecified atom stereocenters. The molecule has 3 aromatic carbocycles. The number of hydrogen-bond donors (Lipinski definition) is 2. The Morgan fingerprint density at radius 3 is 2.00 bits per heavy atom. The minimum Gasteiger partial charge on any atom is -0.388 e. The van der Waals surface area contributed by atoms with E-state index in [1.165, 1.54) is 22.3 Å². The Kier molecular flexibility index (Phi) is 5.75. The Balaban J connectivity index is 1.81. The largest absolute Gasteiger partial charge is 0.388 e. The Morgan fingerprint density at radius 2 is 1.42 bits per heavy atom. The lowest BCUT2D eigenvalue weighted by Gasteiger charge is -2.13. The molecule has 0 amide bonds. The SMILES string of the molecule is CC/C=C\c1c(C)cccc1Nc1ccc(-c2ccc(NC)cc2)cc1. The topological polar surface area (TPSA) is 24.1 Å². The van der Waals surface area contributed by atoms with E-state index in [0.717, 1.165) is 23.5 Å². The highest BCUT2D eigenvalue weighted by Crippen LogP contribution is 2.27. The molecule has 0 aliphatic carbocycles. The highest BCUT2D eigenvalue weighted by Gasteiger charge is 2.04. The van der Waals surface area contributed by atoms with E-state index in [4.69, 9.17) is 0 Å². The number of benzene rings is 3. The first-order valence-electron chi connectivity index (χ1n) is 9.12. The van der Waals surface area contributed by atoms with Crippen LogP contribution in [0.5, 0.6) is 0 Å². The van der Waals surface area contributed by atoms with Crippen LogP contribution in [0.25, 0.3) is 17.2 Å². The summed E-state index contributed by atoms with van der Waals surface area (Å²) in [5.41, 5.74) is 8.32. The van der Waals surface area contributed by atoms with Gasteiger partial charge in [-0.3, -0.25) is 0 Å². The fraction of sp³-hybridized carbons (Fsp3) is 0.167. The quantitative estimate of drug-likeness (QED) is 0.510. The number of allylic oxidation sites excluding steroid dienone is 1. The predicted octanol–water partition coefficient (Wildman–Crippen LogP) is 6.87. The van der Waals surface area contributed by atoms with E-state index >= 15 is 0 Å². The Labute approximate surface area is 156 Å². The van der Waals surface area contributed by atoms with Gasteiger partial charge >= 0.3 is 0 Å². The van der Waals surface area contributed by atoms with Crippen LogP contribution in [0, 0.1) is 6.92 Å². The van der Waals surface area contributed by atoms with Crippen LogP contribution < -0.4 is 10.6 Å². The number of nitrogens with one attached hydrogen (secondary N) is 2. The second-order valence-corrected chi connectivity index (χ2v) is 6.38. The van der Waals surface area contributed by atoms with Crippen molar-refractivity contribution in [2.45, 2.75) is 20.3 Å². The van der Waals surface area contributed by atoms with Crippen molar-refractivity contribution in [2.75, 3.05) is 17.7 Å². The molecule has 132 valence electrons. The van der Waals surface area contributed by atoms with Gasteiger partial charge in [-0.2, -0.15) is 0 Å². The normalized spacial score (nSPS) is 10.9. The molecule has 0 radical (unpaired) electrons. The molecule has 0 saturated heterocycles. The highest BCUT2D eigenvalue weighted by molar-refractivity contribution is 5.75. The van der Waals surface area contributed by atoms with E-state index in [1.807, 2.05) is 7.05 Å². The van der Waals surface area contributed by atoms with Crippen molar-refractivity contribution in [3.05, 3.63) is 83.9 Å². The molecule has 26 heavy (non-hydrogen) atoms. The van der Waals surface area contributed by atoms with E-state index in [1.54, 1.807) is 0 Å². The van der Waals surface area contributed by atoms with Crippen LogP contribution in [0.2, 0.25) is 0 Å². The molecule has 2 heteroatoms. The summed E-state index contributed by atoms with van der Waals surface area (Å²) in [6, 6.07) is 23.5. The molecule has 0 aromatic heterocycles. The van der Waals surface area contributed by atoms with Gasteiger partial charge in [0.25, 0.3) is 0 Å². The Hall–Kier alpha value is -3.00. The van der Waals surface area contributed by atoms with E-state index < -0.39 is 0 Å². The minimum absolute atomic E-state index is 1.04. The summed E-state index contributed by atoms with van der Waals surface area (Å²) >= 11 is 0. The number of anilines is 3. The van der Waals surface area contributed by atoms with Gasteiger partial charge in [-0.05, 0) is 60.4 Å². The van der Waals surface area contributed by atoms with Crippen molar-refractivity contribution in [3.63, 3.8) is 0 Å². The number of hydrogen-bond acceptors (Lipinski definition) is 2. The van der Waals surface area contributed by atoms with Gasteiger partial charge in [-0.1, -0.05) is 55.5 Å². The van der Waals surface area contributed by atoms with Gasteiger partial charge in [0.1, 0.15) is 0 Å². The zero-order valence-electron chi connectivity index (χ0n) is 15.7. The summed E-state index contributed by atoms with van der Waals surface area (Å²) in [4.78, 5) is 0. The molecule has 0 heterocycles. The summed E-state index contributed by atoms with van der Waals surface area (Å²) in [5.74, 6) is 0. The number of aryl methyl sites for hydroxylation is 1. The maximum Gasteiger partial charge on any atom is 0.0460 e. The second-order valence-electron chi connectivity index (χ2n) is 6.38. The zero-order valence-corrected chi connectivity index (χ0v) is 15.7. The minimum atomic E-state index is 1.04. The monoisotopic (exact) mass is 342 g/mol. The van der Waals surface area contributed by atoms with Gasteiger partial charge in [-0.25, -0.2) is 0 Å². The van der Waals surface area contributed by atoms with E-state index in [-0.39, 0.29) is 0 Å². The number of rotatable bonds is 6. The molecule has 0 aliphatic rings. The fourth-order valence-electron chi connectivity index (χ4n) is 2.98. The summed E-state index contributed by atoms with van der Waals surface area (Å²) in [6.07, 6.45) is 5.44. The molecular formula is C24H26N2. The molecule has 3 rings (SSSR count). The summed E-state index contributed by atoms with van der Waals surface area (Å²) < 4.78 is 0. The molecule has 3 aromatic rings. The summed E-state index contributed by atoms with van der Waals surface area (Å²) in [7, 11) is 1.94. The van der Waals surface area contributed by atoms with Gasteiger partial charge in [0, 0.05) is 29.7 Å². The molecule has 0 aliphatic heterocycles. The smallest absolute Gasteiger partial charge is 0.0460 e. The van der Waals surface area contributed by atoms with Crippen LogP contribution in [0.4, 0.5) is 17.1 Å². The first-order valence-corrected chi connectivity index (χ1v) is 9.12. The van der Waals surface area contributed by atoms with Gasteiger partial charge in [0.15, 0.2) is 0 Å². The van der Waals surface area contributed by atoms with Crippen molar-refractivity contribution in [1.29, 1.82) is 0 Å². The lowest BCUT2D eigenvalue weighted by molar-refractivity contribution is 1.23. The first-order chi connectivity index (χ1) is 12.7. The van der Waals surface area contributed by atoms with Crippen LogP contribution >= 0.6 is 0 Å². The standard InChI is InChI=1S/C24H26N2/c1-4-5-8-23-18(2)7-6-9-24(23)26-22-16-12-20(13-17-22)19-10-14-21(25-3)15-11-19/h5-17,25-26H,4H2,1-3H3/b8-5-. The van der Waals surface area contributed by atoms with Crippen molar-refractivity contribution in [1.82, 2.24) is 0 Å². The third kappa shape index (κ3) is 4.15. The predicted molar refractivity (Wildman–Crippen MR) is 115 cm³/mol. The van der Waals surface area contributed by atoms with Crippen LogP contribution in [-0.2, 0) is 0 Å². The highest BCUT2D eigenvalue weighted by atomic mass is 14.9. The molecule has 0 spiro atoms. The van der Waals surface area contributed by atoms with Crippen molar-refractivity contribution >= 4 is 23.1 Å². The molecule has 0 bridgehead atoms. The van der Waals surface area contributed by atoms with E-state index in [2.05, 4.69) is 103 Å². The molecule has 2 nitrogen and oxygen atoms in total. The third-order valence-electron chi connectivity index (χ3n) is 4.52. The average molecular weight is 342 g/mol. The fourth-order valence-corrected chi connectivity index (χ4v) is 2.98. The van der Waals surface area contributed by atoms with E-state index in [0.29, 0.717) is 0 Å². The van der Waals surface area contributed by atoms with Gasteiger partial charge in [0.2, 0.25) is 0 Å². The van der Waals surface area contributed by atoms with Crippen molar-refractivity contribution < 1.29 is 0 Å². The van der Waals surface area contributed by atoms with Gasteiger partial charge < -0.3 is 10.6 Å². The third-order valence-corrected chi connectivity index (χ3v) is 4.52. The lowest BCUT2D eigenvalue weighted by Crippen LogP contribution is -1.95. The lowest BCUT2D eigenvalue weighted by atomic mass is 10.0. The van der Waals surface area contributed by atoms with Crippen molar-refractivity contribution in [2.24, 2.45) is 0 Å². The van der Waals surface area contributed by atoms with Crippen LogP contribution in [0.1, 0.15) is 24.5 Å². The second kappa shape index (κ2) is 8.39. The molecule has 0 fully saturated rings. The zero-order chi connectivity index (χ0) is 18.4. The van der Waals surface area contributed by atoms with Crippen molar-refractivity contribution in [3.8, 4) is 11.1 Å². The average Bonchev–Trinajstić information content (AvgIpc) is 2.68. The van der Waals surface area contributed by atoms with Gasteiger partial charge in [0.05, 0.1) is 0 Å². The molecule has 0 atom stereocenters. The molecular weight excluding hydrogens is 316 g/mol. The van der Waals surface area contributed by atoms with Crippen LogP contribution in [0.15, 0.2) is 72.8 Å². The Morgan fingerprint density at radius 1 is 0.808 bits per heavy atom. The first kappa shape index (κ1) is 17.8.